The molecule has 1 unspecified atom stereocenters. The summed E-state index contributed by atoms with van der Waals surface area (Å²) in [4.78, 5) is 37.3. The Hall–Kier alpha value is -2.77. The van der Waals surface area contributed by atoms with Gasteiger partial charge in [-0.15, -0.1) is 11.8 Å². The van der Waals surface area contributed by atoms with Crippen molar-refractivity contribution < 1.29 is 32.6 Å². The number of carbonyl (C=O) groups is 3. The van der Waals surface area contributed by atoms with Crippen molar-refractivity contribution in [3.05, 3.63) is 41.3 Å². The van der Waals surface area contributed by atoms with Crippen molar-refractivity contribution in [1.82, 2.24) is 10.2 Å². The zero-order chi connectivity index (χ0) is 22.2. The summed E-state index contributed by atoms with van der Waals surface area (Å²) in [5, 5.41) is 10.9. The van der Waals surface area contributed by atoms with E-state index in [2.05, 4.69) is 10.0 Å². The first-order valence-electron chi connectivity index (χ1n) is 8.64. The molecule has 1 aromatic carbocycles. The summed E-state index contributed by atoms with van der Waals surface area (Å²) in [6.45, 7) is 0. The zero-order valence-corrected chi connectivity index (χ0v) is 17.6. The second-order valence-corrected chi connectivity index (χ2v) is 9.68. The van der Waals surface area contributed by atoms with E-state index in [4.69, 9.17) is 10.5 Å². The third-order valence-corrected chi connectivity index (χ3v) is 6.34. The Balaban J connectivity index is 1.81. The fourth-order valence-electron chi connectivity index (χ4n) is 3.12. The number of nitrogens with zero attached hydrogens (tertiary/aromatic N) is 1. The van der Waals surface area contributed by atoms with Gasteiger partial charge in [0.1, 0.15) is 11.4 Å². The zero-order valence-electron chi connectivity index (χ0n) is 16.0. The number of carboxylic acids is 1. The first kappa shape index (κ1) is 21.9. The molecule has 0 spiro atoms. The van der Waals surface area contributed by atoms with E-state index in [0.29, 0.717) is 5.56 Å². The number of carbonyl (C=O) groups excluding carboxylic acids is 2. The van der Waals surface area contributed by atoms with Gasteiger partial charge in [0.05, 0.1) is 25.2 Å². The summed E-state index contributed by atoms with van der Waals surface area (Å²) in [6.07, 6.45) is 1.15. The Morgan fingerprint density at radius 1 is 1.40 bits per heavy atom. The van der Waals surface area contributed by atoms with Gasteiger partial charge in [0.2, 0.25) is 21.8 Å². The van der Waals surface area contributed by atoms with Crippen LogP contribution in [0.5, 0.6) is 0 Å². The highest BCUT2D eigenvalue weighted by atomic mass is 32.2. The summed E-state index contributed by atoms with van der Waals surface area (Å²) in [7, 11) is -2.25. The molecule has 0 saturated carbocycles. The molecule has 1 aromatic rings. The van der Waals surface area contributed by atoms with Gasteiger partial charge in [-0.1, -0.05) is 12.1 Å². The maximum atomic E-state index is 12.7. The molecule has 11 nitrogen and oxygen atoms in total. The molecule has 0 aromatic heterocycles. The minimum atomic E-state index is -3.50. The monoisotopic (exact) mass is 456 g/mol. The van der Waals surface area contributed by atoms with Crippen LogP contribution in [-0.2, 0) is 29.1 Å². The lowest BCUT2D eigenvalue weighted by Gasteiger charge is -2.45. The molecule has 0 bridgehead atoms. The van der Waals surface area contributed by atoms with Gasteiger partial charge in [0.15, 0.2) is 11.5 Å². The predicted octanol–water partition coefficient (Wildman–Crippen LogP) is -0.252. The van der Waals surface area contributed by atoms with Crippen LogP contribution in [0.3, 0.4) is 0 Å². The van der Waals surface area contributed by atoms with Crippen LogP contribution in [-0.4, -0.2) is 60.3 Å². The Morgan fingerprint density at radius 3 is 2.67 bits per heavy atom. The second-order valence-electron chi connectivity index (χ2n) is 6.65. The van der Waals surface area contributed by atoms with Crippen LogP contribution < -0.4 is 15.8 Å². The molecule has 2 aliphatic rings. The smallest absolute Gasteiger partial charge is 0.356 e. The molecule has 3 atom stereocenters. The summed E-state index contributed by atoms with van der Waals surface area (Å²) in [5.74, 6) is -2.36. The molecule has 3 rings (SSSR count). The molecule has 1 fully saturated rings. The Labute approximate surface area is 176 Å². The maximum Gasteiger partial charge on any atom is 0.356 e. The number of sulfonamides is 1. The number of amides is 2. The molecule has 2 amide bonds. The first-order valence-corrected chi connectivity index (χ1v) is 11.5. The van der Waals surface area contributed by atoms with Crippen LogP contribution in [0.25, 0.3) is 0 Å². The number of ether oxygens (including phenoxy) is 1. The van der Waals surface area contributed by atoms with Gasteiger partial charge in [-0.25, -0.2) is 13.2 Å². The summed E-state index contributed by atoms with van der Waals surface area (Å²) < 4.78 is 30.3. The van der Waals surface area contributed by atoms with E-state index in [1.165, 1.54) is 31.0 Å². The number of nitrogens with two attached hydrogens (primary N) is 1. The van der Waals surface area contributed by atoms with Crippen molar-refractivity contribution in [2.45, 2.75) is 23.2 Å². The molecule has 13 heteroatoms. The van der Waals surface area contributed by atoms with E-state index >= 15 is 0 Å². The first-order chi connectivity index (χ1) is 14.0. The maximum absolute atomic E-state index is 12.7. The van der Waals surface area contributed by atoms with Crippen LogP contribution in [0.4, 0.5) is 5.69 Å². The number of fused-ring (bicyclic) bond motifs is 1. The molecule has 5 N–H and O–H groups in total. The van der Waals surface area contributed by atoms with E-state index in [9.17, 15) is 27.9 Å². The van der Waals surface area contributed by atoms with Gasteiger partial charge >= 0.3 is 5.97 Å². The number of thioether (sulfide) groups is 1. The minimum absolute atomic E-state index is 0.0650. The lowest BCUT2D eigenvalue weighted by Crippen LogP contribution is -2.57. The van der Waals surface area contributed by atoms with E-state index in [1.54, 1.807) is 12.1 Å². The van der Waals surface area contributed by atoms with Crippen LogP contribution in [0, 0.1) is 0 Å². The van der Waals surface area contributed by atoms with Gasteiger partial charge in [-0.2, -0.15) is 0 Å². The molecule has 0 aliphatic carbocycles. The van der Waals surface area contributed by atoms with Crippen LogP contribution in [0.15, 0.2) is 35.7 Å². The number of β-lactam (4-membered cyclic amide) rings is 1. The van der Waals surface area contributed by atoms with Crippen LogP contribution in [0.2, 0.25) is 0 Å². The number of anilines is 1. The molecule has 1 saturated heterocycles. The van der Waals surface area contributed by atoms with Gasteiger partial charge in [0, 0.05) is 5.69 Å². The molecular formula is C17H20N4O7S2. The number of nitrogens with one attached hydrogen (secondary N) is 2. The Morgan fingerprint density at radius 2 is 2.10 bits per heavy atom. The lowest BCUT2D eigenvalue weighted by molar-refractivity contribution is -0.146. The van der Waals surface area contributed by atoms with Crippen molar-refractivity contribution in [2.24, 2.45) is 5.73 Å². The lowest BCUT2D eigenvalue weighted by atomic mass is 10.1. The quantitative estimate of drug-likeness (QED) is 0.404. The summed E-state index contributed by atoms with van der Waals surface area (Å²) in [6, 6.07) is 4.90. The normalized spacial score (nSPS) is 22.0. The highest BCUT2D eigenvalue weighted by Crippen LogP contribution is 2.43. The van der Waals surface area contributed by atoms with E-state index in [0.717, 1.165) is 11.2 Å². The topological polar surface area (TPSA) is 168 Å². The SMILES string of the molecule is COC1=C(C(=O)O)N2C(=O)C[C@H]2SC1NC(=O)[C@H](N)c1cccc(NS(C)(=O)=O)c1. The average molecular weight is 457 g/mol. The van der Waals surface area contributed by atoms with Crippen molar-refractivity contribution in [3.63, 3.8) is 0 Å². The average Bonchev–Trinajstić information content (AvgIpc) is 2.64. The fourth-order valence-corrected chi connectivity index (χ4v) is 5.09. The van der Waals surface area contributed by atoms with Gasteiger partial charge in [0.25, 0.3) is 0 Å². The minimum Gasteiger partial charge on any atom is -0.495 e. The molecule has 2 aliphatic heterocycles. The number of methoxy groups -OCH3 is 1. The van der Waals surface area contributed by atoms with Gasteiger partial charge in [-0.3, -0.25) is 19.2 Å². The molecule has 2 heterocycles. The summed E-state index contributed by atoms with van der Waals surface area (Å²) in [5.41, 5.74) is 6.32. The van der Waals surface area contributed by atoms with Gasteiger partial charge < -0.3 is 20.9 Å². The third-order valence-electron chi connectivity index (χ3n) is 4.44. The Bertz CT molecular complexity index is 1040. The molecular weight excluding hydrogens is 436 g/mol. The molecule has 30 heavy (non-hydrogen) atoms. The van der Waals surface area contributed by atoms with Crippen molar-refractivity contribution in [2.75, 3.05) is 18.1 Å². The number of carboxylic acid groups (broad SMARTS) is 1. The van der Waals surface area contributed by atoms with Crippen LogP contribution >= 0.6 is 11.8 Å². The second kappa shape index (κ2) is 8.16. The largest absolute Gasteiger partial charge is 0.495 e. The number of benzene rings is 1. The predicted molar refractivity (Wildman–Crippen MR) is 108 cm³/mol. The van der Waals surface area contributed by atoms with Crippen LogP contribution in [0.1, 0.15) is 18.0 Å². The fraction of sp³-hybridized carbons (Fsp3) is 0.353. The van der Waals surface area contributed by atoms with Gasteiger partial charge in [-0.05, 0) is 17.7 Å². The van der Waals surface area contributed by atoms with E-state index in [-0.39, 0.29) is 29.5 Å². The van der Waals surface area contributed by atoms with E-state index < -0.39 is 38.7 Å². The molecule has 0 radical (unpaired) electrons. The summed E-state index contributed by atoms with van der Waals surface area (Å²) >= 11 is 1.17. The number of hydrogen-bond donors (Lipinski definition) is 4. The standard InChI is InChI=1S/C17H20N4O7S2/c1-28-14-13(17(24)25)21-10(22)7-11(21)29-16(14)19-15(23)12(18)8-4-3-5-9(6-8)20-30(2,26)27/h3-6,11-12,16,20H,7,18H2,1-2H3,(H,19,23)(H,24,25)/t11-,12-,16?/m1/s1. The Kier molecular flexibility index (Phi) is 5.97. The number of rotatable bonds is 7. The highest BCUT2D eigenvalue weighted by Gasteiger charge is 2.50. The highest BCUT2D eigenvalue weighted by molar-refractivity contribution is 8.00. The van der Waals surface area contributed by atoms with Crippen molar-refractivity contribution >= 4 is 45.3 Å². The third kappa shape index (κ3) is 4.37. The van der Waals surface area contributed by atoms with Crippen molar-refractivity contribution in [1.29, 1.82) is 0 Å². The number of aliphatic carboxylic acids is 1. The van der Waals surface area contributed by atoms with E-state index in [1.807, 2.05) is 0 Å². The molecule has 162 valence electrons. The van der Waals surface area contributed by atoms with Crippen molar-refractivity contribution in [3.8, 4) is 0 Å². The number of hydrogen-bond acceptors (Lipinski definition) is 8.